The van der Waals surface area contributed by atoms with Gasteiger partial charge in [-0.2, -0.15) is 0 Å². The number of hydrogen-bond donors (Lipinski definition) is 0. The largest absolute Gasteiger partial charge is 0.493 e. The highest BCUT2D eigenvalue weighted by Crippen LogP contribution is 2.28. The lowest BCUT2D eigenvalue weighted by Crippen LogP contribution is -2.34. The number of amides is 1. The molecule has 1 heterocycles. The topological polar surface area (TPSA) is 63.7 Å². The molecular weight excluding hydrogens is 314 g/mol. The van der Waals surface area contributed by atoms with E-state index in [0.29, 0.717) is 18.9 Å². The summed E-state index contributed by atoms with van der Waals surface area (Å²) in [6.07, 6.45) is 1.90. The molecule has 1 saturated heterocycles. The molecule has 1 unspecified atom stereocenters. The molecule has 0 spiro atoms. The van der Waals surface area contributed by atoms with E-state index < -0.39 is 9.05 Å². The van der Waals surface area contributed by atoms with Crippen molar-refractivity contribution >= 4 is 25.6 Å². The van der Waals surface area contributed by atoms with Gasteiger partial charge in [-0.05, 0) is 44.9 Å². The lowest BCUT2D eigenvalue weighted by molar-refractivity contribution is 0.0743. The average Bonchev–Trinajstić information content (AvgIpc) is 2.84. The Morgan fingerprint density at radius 3 is 2.71 bits per heavy atom. The second kappa shape index (κ2) is 6.23. The average molecular weight is 332 g/mol. The van der Waals surface area contributed by atoms with Crippen molar-refractivity contribution in [2.45, 2.75) is 37.6 Å². The van der Waals surface area contributed by atoms with Crippen LogP contribution in [0.2, 0.25) is 0 Å². The third-order valence-corrected chi connectivity index (χ3v) is 4.93. The molecule has 1 aromatic rings. The second-order valence-electron chi connectivity index (χ2n) is 5.02. The van der Waals surface area contributed by atoms with Gasteiger partial charge in [-0.25, -0.2) is 8.42 Å². The molecule has 7 heteroatoms. The molecule has 0 aromatic heterocycles. The summed E-state index contributed by atoms with van der Waals surface area (Å²) in [4.78, 5) is 14.3. The first-order valence-electron chi connectivity index (χ1n) is 6.87. The highest BCUT2D eigenvalue weighted by Gasteiger charge is 2.29. The molecule has 0 bridgehead atoms. The van der Waals surface area contributed by atoms with Gasteiger partial charge in [0.25, 0.3) is 15.0 Å². The molecule has 2 rings (SSSR count). The lowest BCUT2D eigenvalue weighted by Gasteiger charge is -2.23. The Morgan fingerprint density at radius 1 is 1.48 bits per heavy atom. The Bertz CT molecular complexity index is 644. The number of benzene rings is 1. The van der Waals surface area contributed by atoms with Crippen LogP contribution in [0, 0.1) is 0 Å². The predicted octanol–water partition coefficient (Wildman–Crippen LogP) is 2.64. The molecule has 1 fully saturated rings. The van der Waals surface area contributed by atoms with Gasteiger partial charge in [-0.1, -0.05) is 0 Å². The van der Waals surface area contributed by atoms with Crippen LogP contribution in [0.4, 0.5) is 0 Å². The van der Waals surface area contributed by atoms with Gasteiger partial charge < -0.3 is 9.64 Å². The number of hydrogen-bond acceptors (Lipinski definition) is 4. The van der Waals surface area contributed by atoms with Crippen molar-refractivity contribution < 1.29 is 17.9 Å². The molecule has 116 valence electrons. The fourth-order valence-corrected chi connectivity index (χ4v) is 3.28. The molecule has 1 amide bonds. The third kappa shape index (κ3) is 3.49. The molecule has 21 heavy (non-hydrogen) atoms. The van der Waals surface area contributed by atoms with Gasteiger partial charge in [0, 0.05) is 23.3 Å². The normalized spacial score (nSPS) is 18.8. The Labute approximate surface area is 129 Å². The van der Waals surface area contributed by atoms with Gasteiger partial charge >= 0.3 is 0 Å². The van der Waals surface area contributed by atoms with Crippen LogP contribution >= 0.6 is 10.7 Å². The summed E-state index contributed by atoms with van der Waals surface area (Å²) >= 11 is 0. The summed E-state index contributed by atoms with van der Waals surface area (Å²) in [6.45, 7) is 4.85. The van der Waals surface area contributed by atoms with E-state index in [4.69, 9.17) is 15.4 Å². The van der Waals surface area contributed by atoms with Crippen molar-refractivity contribution in [2.24, 2.45) is 0 Å². The van der Waals surface area contributed by atoms with Crippen LogP contribution in [0.25, 0.3) is 0 Å². The van der Waals surface area contributed by atoms with E-state index >= 15 is 0 Å². The molecule has 1 aliphatic heterocycles. The van der Waals surface area contributed by atoms with Crippen LogP contribution in [-0.4, -0.2) is 38.4 Å². The molecule has 1 atom stereocenters. The highest BCUT2D eigenvalue weighted by molar-refractivity contribution is 8.13. The van der Waals surface area contributed by atoms with E-state index in [2.05, 4.69) is 0 Å². The Kier molecular flexibility index (Phi) is 4.78. The fourth-order valence-electron chi connectivity index (χ4n) is 2.50. The number of carbonyl (C=O) groups is 1. The van der Waals surface area contributed by atoms with Crippen LogP contribution < -0.4 is 4.74 Å². The van der Waals surface area contributed by atoms with Crippen LogP contribution in [0.15, 0.2) is 23.1 Å². The number of halogens is 1. The van der Waals surface area contributed by atoms with Crippen LogP contribution in [0.1, 0.15) is 37.0 Å². The van der Waals surface area contributed by atoms with Crippen molar-refractivity contribution in [3.63, 3.8) is 0 Å². The lowest BCUT2D eigenvalue weighted by atomic mass is 10.1. The molecule has 5 nitrogen and oxygen atoms in total. The van der Waals surface area contributed by atoms with Crippen LogP contribution in [0.5, 0.6) is 5.75 Å². The molecule has 0 N–H and O–H groups in total. The van der Waals surface area contributed by atoms with Gasteiger partial charge in [0.05, 0.1) is 17.1 Å². The SMILES string of the molecule is CCOc1ccc(S(=O)(=O)Cl)cc1C(=O)N1CCCC1C. The summed E-state index contributed by atoms with van der Waals surface area (Å²) < 4.78 is 28.4. The van der Waals surface area contributed by atoms with E-state index in [9.17, 15) is 13.2 Å². The maximum atomic E-state index is 12.6. The number of nitrogens with zero attached hydrogens (tertiary/aromatic N) is 1. The van der Waals surface area contributed by atoms with Crippen molar-refractivity contribution in [1.82, 2.24) is 4.90 Å². The zero-order valence-corrected chi connectivity index (χ0v) is 13.6. The van der Waals surface area contributed by atoms with E-state index in [1.165, 1.54) is 18.2 Å². The van der Waals surface area contributed by atoms with E-state index in [1.807, 2.05) is 6.92 Å². The maximum absolute atomic E-state index is 12.6. The van der Waals surface area contributed by atoms with Crippen LogP contribution in [0.3, 0.4) is 0 Å². The van der Waals surface area contributed by atoms with Gasteiger partial charge in [-0.3, -0.25) is 4.79 Å². The zero-order chi connectivity index (χ0) is 15.6. The van der Waals surface area contributed by atoms with Crippen molar-refractivity contribution in [3.8, 4) is 5.75 Å². The van der Waals surface area contributed by atoms with Crippen LogP contribution in [-0.2, 0) is 9.05 Å². The summed E-state index contributed by atoms with van der Waals surface area (Å²) in [5, 5.41) is 0. The van der Waals surface area contributed by atoms with Gasteiger partial charge in [-0.15, -0.1) is 0 Å². The molecular formula is C14H18ClNO4S. The Hall–Kier alpha value is -1.27. The molecule has 1 aromatic carbocycles. The summed E-state index contributed by atoms with van der Waals surface area (Å²) in [6, 6.07) is 4.26. The highest BCUT2D eigenvalue weighted by atomic mass is 35.7. The quantitative estimate of drug-likeness (QED) is 0.796. The smallest absolute Gasteiger partial charge is 0.261 e. The molecule has 0 radical (unpaired) electrons. The van der Waals surface area contributed by atoms with Gasteiger partial charge in [0.2, 0.25) is 0 Å². The monoisotopic (exact) mass is 331 g/mol. The summed E-state index contributed by atoms with van der Waals surface area (Å²) in [5.41, 5.74) is 0.243. The Morgan fingerprint density at radius 2 is 2.19 bits per heavy atom. The van der Waals surface area contributed by atoms with E-state index in [1.54, 1.807) is 11.8 Å². The van der Waals surface area contributed by atoms with E-state index in [0.717, 1.165) is 12.8 Å². The summed E-state index contributed by atoms with van der Waals surface area (Å²) in [5.74, 6) is 0.163. The van der Waals surface area contributed by atoms with E-state index in [-0.39, 0.29) is 22.4 Å². The molecule has 0 aliphatic carbocycles. The van der Waals surface area contributed by atoms with Crippen molar-refractivity contribution in [3.05, 3.63) is 23.8 Å². The predicted molar refractivity (Wildman–Crippen MR) is 80.4 cm³/mol. The van der Waals surface area contributed by atoms with Crippen molar-refractivity contribution in [1.29, 1.82) is 0 Å². The minimum absolute atomic E-state index is 0.0946. The summed E-state index contributed by atoms with van der Waals surface area (Å²) in [7, 11) is 1.48. The minimum Gasteiger partial charge on any atom is -0.493 e. The number of rotatable bonds is 4. The molecule has 0 saturated carbocycles. The van der Waals surface area contributed by atoms with Crippen molar-refractivity contribution in [2.75, 3.05) is 13.2 Å². The van der Waals surface area contributed by atoms with Gasteiger partial charge in [0.15, 0.2) is 0 Å². The second-order valence-corrected chi connectivity index (χ2v) is 7.58. The number of ether oxygens (including phenoxy) is 1. The minimum atomic E-state index is -3.88. The first-order valence-corrected chi connectivity index (χ1v) is 9.18. The fraction of sp³-hybridized carbons (Fsp3) is 0.500. The molecule has 1 aliphatic rings. The zero-order valence-electron chi connectivity index (χ0n) is 12.0. The van der Waals surface area contributed by atoms with Gasteiger partial charge in [0.1, 0.15) is 5.75 Å². The maximum Gasteiger partial charge on any atom is 0.261 e. The standard InChI is InChI=1S/C14H18ClNO4S/c1-3-20-13-7-6-11(21(15,18)19)9-12(13)14(17)16-8-4-5-10(16)2/h6-7,9-10H,3-5,8H2,1-2H3. The number of likely N-dealkylation sites (tertiary alicyclic amines) is 1. The number of carbonyl (C=O) groups excluding carboxylic acids is 1. The Balaban J connectivity index is 2.45. The first kappa shape index (κ1) is 16.1. The first-order chi connectivity index (χ1) is 9.84. The third-order valence-electron chi connectivity index (χ3n) is 3.58.